The minimum absolute atomic E-state index is 0.0213. The summed E-state index contributed by atoms with van der Waals surface area (Å²) in [6.07, 6.45) is 9.23. The van der Waals surface area contributed by atoms with Crippen LogP contribution in [0.2, 0.25) is 0 Å². The van der Waals surface area contributed by atoms with Crippen LogP contribution >= 0.6 is 0 Å². The number of ether oxygens (including phenoxy) is 1. The largest absolute Gasteiger partial charge is 0.444 e. The molecule has 1 aliphatic carbocycles. The molecule has 1 saturated carbocycles. The van der Waals surface area contributed by atoms with E-state index in [0.29, 0.717) is 49.2 Å². The number of rotatable bonds is 6. The van der Waals surface area contributed by atoms with Crippen LogP contribution in [0.4, 0.5) is 22.2 Å². The van der Waals surface area contributed by atoms with Crippen LogP contribution in [0.1, 0.15) is 63.6 Å². The van der Waals surface area contributed by atoms with Gasteiger partial charge in [0, 0.05) is 43.8 Å². The molecule has 0 atom stereocenters. The summed E-state index contributed by atoms with van der Waals surface area (Å²) in [5.41, 5.74) is 4.48. The third-order valence-corrected chi connectivity index (χ3v) is 8.59. The molecule has 2 fully saturated rings. The Morgan fingerprint density at radius 1 is 1.04 bits per heavy atom. The monoisotopic (exact) mass is 607 g/mol. The maximum Gasteiger partial charge on any atom is 0.410 e. The molecule has 6 rings (SSSR count). The molecular formula is C35H41N7O3. The first kappa shape index (κ1) is 30.3. The fraction of sp³-hybridized carbons (Fsp3) is 0.400. The number of piperazine rings is 1. The highest BCUT2D eigenvalue weighted by molar-refractivity contribution is 5.87. The summed E-state index contributed by atoms with van der Waals surface area (Å²) in [7, 11) is 0. The molecule has 0 unspecified atom stereocenters. The maximum absolute atomic E-state index is 14.2. The van der Waals surface area contributed by atoms with Crippen molar-refractivity contribution in [3.05, 3.63) is 76.9 Å². The first-order chi connectivity index (χ1) is 21.6. The van der Waals surface area contributed by atoms with Gasteiger partial charge in [-0.1, -0.05) is 43.7 Å². The lowest BCUT2D eigenvalue weighted by atomic mass is 9.98. The normalized spacial score (nSPS) is 15.8. The van der Waals surface area contributed by atoms with Gasteiger partial charge in [-0.3, -0.25) is 9.36 Å². The molecule has 4 heterocycles. The number of nitrogens with zero attached hydrogens (tertiary/aromatic N) is 6. The molecule has 1 N–H and O–H groups in total. The van der Waals surface area contributed by atoms with Crippen molar-refractivity contribution >= 4 is 40.7 Å². The van der Waals surface area contributed by atoms with E-state index in [4.69, 9.17) is 9.72 Å². The van der Waals surface area contributed by atoms with Gasteiger partial charge < -0.3 is 19.9 Å². The summed E-state index contributed by atoms with van der Waals surface area (Å²) in [4.78, 5) is 44.7. The van der Waals surface area contributed by atoms with Crippen molar-refractivity contribution < 1.29 is 9.53 Å². The van der Waals surface area contributed by atoms with Gasteiger partial charge in [0.15, 0.2) is 0 Å². The molecule has 0 radical (unpaired) electrons. The number of amides is 1. The Morgan fingerprint density at radius 3 is 2.47 bits per heavy atom. The van der Waals surface area contributed by atoms with Crippen molar-refractivity contribution in [2.75, 3.05) is 36.4 Å². The molecule has 0 bridgehead atoms. The molecule has 1 aromatic carbocycles. The Morgan fingerprint density at radius 2 is 1.80 bits per heavy atom. The van der Waals surface area contributed by atoms with Crippen LogP contribution < -0.4 is 15.8 Å². The second kappa shape index (κ2) is 12.3. The first-order valence-corrected chi connectivity index (χ1v) is 15.7. The maximum atomic E-state index is 14.2. The van der Waals surface area contributed by atoms with Crippen LogP contribution in [0.15, 0.2) is 60.2 Å². The zero-order valence-corrected chi connectivity index (χ0v) is 26.5. The van der Waals surface area contributed by atoms with E-state index in [-0.39, 0.29) is 17.7 Å². The van der Waals surface area contributed by atoms with Gasteiger partial charge in [-0.25, -0.2) is 14.8 Å². The number of hydrogen-bond acceptors (Lipinski definition) is 8. The number of aromatic nitrogens is 4. The summed E-state index contributed by atoms with van der Waals surface area (Å²) in [5, 5.41) is 4.10. The molecule has 1 amide bonds. The van der Waals surface area contributed by atoms with E-state index >= 15 is 0 Å². The second-order valence-corrected chi connectivity index (χ2v) is 12.9. The number of benzene rings is 1. The van der Waals surface area contributed by atoms with Crippen molar-refractivity contribution in [3.8, 4) is 11.1 Å². The van der Waals surface area contributed by atoms with Gasteiger partial charge in [0.05, 0.1) is 17.4 Å². The fourth-order valence-electron chi connectivity index (χ4n) is 6.29. The van der Waals surface area contributed by atoms with Crippen LogP contribution in [-0.4, -0.2) is 62.3 Å². The minimum atomic E-state index is -0.510. The average Bonchev–Trinajstić information content (AvgIpc) is 3.55. The molecular weight excluding hydrogens is 566 g/mol. The van der Waals surface area contributed by atoms with Crippen LogP contribution in [-0.2, 0) is 4.74 Å². The number of carbonyl (C=O) groups is 1. The zero-order chi connectivity index (χ0) is 31.7. The van der Waals surface area contributed by atoms with Crippen molar-refractivity contribution in [2.24, 2.45) is 0 Å². The van der Waals surface area contributed by atoms with Crippen molar-refractivity contribution in [1.29, 1.82) is 0 Å². The van der Waals surface area contributed by atoms with Crippen LogP contribution in [0.3, 0.4) is 0 Å². The molecule has 2 aliphatic rings. The number of carbonyl (C=O) groups excluding carboxylic acids is 1. The number of pyridine rings is 2. The van der Waals surface area contributed by atoms with E-state index in [2.05, 4.69) is 26.8 Å². The summed E-state index contributed by atoms with van der Waals surface area (Å²) in [5.74, 6) is 0.996. The molecule has 10 nitrogen and oxygen atoms in total. The predicted octanol–water partition coefficient (Wildman–Crippen LogP) is 6.72. The molecule has 3 aromatic heterocycles. The predicted molar refractivity (Wildman–Crippen MR) is 179 cm³/mol. The quantitative estimate of drug-likeness (QED) is 0.258. The highest BCUT2D eigenvalue weighted by Crippen LogP contribution is 2.34. The second-order valence-electron chi connectivity index (χ2n) is 12.9. The highest BCUT2D eigenvalue weighted by Gasteiger charge is 2.27. The molecule has 4 aromatic rings. The van der Waals surface area contributed by atoms with Gasteiger partial charge in [-0.2, -0.15) is 4.98 Å². The first-order valence-electron chi connectivity index (χ1n) is 15.7. The highest BCUT2D eigenvalue weighted by atomic mass is 16.6. The van der Waals surface area contributed by atoms with Gasteiger partial charge in [0.2, 0.25) is 5.95 Å². The number of fused-ring (bicyclic) bond motifs is 1. The summed E-state index contributed by atoms with van der Waals surface area (Å²) in [6.45, 7) is 14.1. The van der Waals surface area contributed by atoms with Crippen molar-refractivity contribution in [1.82, 2.24) is 24.4 Å². The van der Waals surface area contributed by atoms with E-state index in [0.717, 1.165) is 53.4 Å². The van der Waals surface area contributed by atoms with Crippen molar-refractivity contribution in [3.63, 3.8) is 0 Å². The lowest BCUT2D eigenvalue weighted by molar-refractivity contribution is 0.0240. The van der Waals surface area contributed by atoms with E-state index in [9.17, 15) is 9.59 Å². The number of hydrogen-bond donors (Lipinski definition) is 1. The van der Waals surface area contributed by atoms with Crippen molar-refractivity contribution in [2.45, 2.75) is 65.0 Å². The van der Waals surface area contributed by atoms with E-state index in [1.807, 2.05) is 81.1 Å². The Kier molecular flexibility index (Phi) is 8.31. The van der Waals surface area contributed by atoms with E-state index in [1.54, 1.807) is 11.0 Å². The standard InChI is InChI=1S/C35H41N7O3/c1-6-24-10-9-11-25(20-24)30-23(2)28-22-37-33(39-31(28)42(32(30)43)26-12-7-8-13-26)38-29-15-14-27(21-36-29)40-16-18-41(19-17-40)34(44)45-35(3,4)5/h6,9-11,14-15,20-22,26H,1,7-8,12-13,16-19H2,2-5H3,(H,36,37,38,39). The van der Waals surface area contributed by atoms with Crippen LogP contribution in [0.5, 0.6) is 0 Å². The molecule has 1 saturated heterocycles. The van der Waals surface area contributed by atoms with Gasteiger partial charge >= 0.3 is 6.09 Å². The number of nitrogens with one attached hydrogen (secondary N) is 1. The molecule has 1 aliphatic heterocycles. The Labute approximate surface area is 263 Å². The lowest BCUT2D eigenvalue weighted by Gasteiger charge is -2.36. The summed E-state index contributed by atoms with van der Waals surface area (Å²) in [6, 6.07) is 11.9. The van der Waals surface area contributed by atoms with E-state index in [1.165, 1.54) is 0 Å². The summed E-state index contributed by atoms with van der Waals surface area (Å²) < 4.78 is 7.41. The molecule has 10 heteroatoms. The Hall–Kier alpha value is -4.73. The number of anilines is 3. The lowest BCUT2D eigenvalue weighted by Crippen LogP contribution is -2.50. The van der Waals surface area contributed by atoms with Gasteiger partial charge in [-0.15, -0.1) is 0 Å². The van der Waals surface area contributed by atoms with E-state index < -0.39 is 5.60 Å². The Balaban J connectivity index is 1.24. The number of aryl methyl sites for hydroxylation is 1. The molecule has 45 heavy (non-hydrogen) atoms. The topological polar surface area (TPSA) is 105 Å². The van der Waals surface area contributed by atoms with Gasteiger partial charge in [0.1, 0.15) is 17.1 Å². The van der Waals surface area contributed by atoms with Gasteiger partial charge in [0.25, 0.3) is 5.56 Å². The van der Waals surface area contributed by atoms with Crippen LogP contribution in [0.25, 0.3) is 28.2 Å². The SMILES string of the molecule is C=Cc1cccc(-c2c(C)c3cnc(Nc4ccc(N5CCN(C(=O)OC(C)(C)C)CC5)cn4)nc3n(C3CCCC3)c2=O)c1. The molecule has 234 valence electrons. The smallest absolute Gasteiger partial charge is 0.410 e. The Bertz CT molecular complexity index is 1780. The molecule has 0 spiro atoms. The third kappa shape index (κ3) is 6.41. The minimum Gasteiger partial charge on any atom is -0.444 e. The average molecular weight is 608 g/mol. The third-order valence-electron chi connectivity index (χ3n) is 8.59. The summed E-state index contributed by atoms with van der Waals surface area (Å²) >= 11 is 0. The van der Waals surface area contributed by atoms with Crippen LogP contribution in [0, 0.1) is 6.92 Å². The van der Waals surface area contributed by atoms with Gasteiger partial charge in [-0.05, 0) is 75.4 Å². The zero-order valence-electron chi connectivity index (χ0n) is 26.5. The fourth-order valence-corrected chi connectivity index (χ4v) is 6.29.